The Balaban J connectivity index is 1.41. The number of amides is 3. The van der Waals surface area contributed by atoms with E-state index in [0.717, 1.165) is 37.3 Å². The molecule has 3 N–H and O–H groups in total. The summed E-state index contributed by atoms with van der Waals surface area (Å²) in [4.78, 5) is 25.8. The van der Waals surface area contributed by atoms with E-state index in [2.05, 4.69) is 26.9 Å². The van der Waals surface area contributed by atoms with Crippen LogP contribution in [0.15, 0.2) is 24.3 Å². The zero-order valence-electron chi connectivity index (χ0n) is 14.0. The van der Waals surface area contributed by atoms with Crippen molar-refractivity contribution in [2.75, 3.05) is 36.4 Å². The number of urea groups is 1. The predicted molar refractivity (Wildman–Crippen MR) is 95.3 cm³/mol. The van der Waals surface area contributed by atoms with Gasteiger partial charge in [0.2, 0.25) is 5.91 Å². The first kappa shape index (κ1) is 16.6. The Morgan fingerprint density at radius 3 is 2.54 bits per heavy atom. The molecule has 1 saturated heterocycles. The number of hydrogen-bond donors (Lipinski definition) is 3. The standard InChI is InChI=1S/C18H26N4O2/c23-17(14-7-8-14)19-9-10-20-18(24)21-15-5-4-6-16(13-15)22-11-2-1-3-12-22/h4-6,13-14H,1-3,7-12H2,(H,19,23)(H2,20,21,24). The maximum atomic E-state index is 11.9. The van der Waals surface area contributed by atoms with E-state index >= 15 is 0 Å². The molecule has 1 aliphatic heterocycles. The van der Waals surface area contributed by atoms with Crippen molar-refractivity contribution in [3.63, 3.8) is 0 Å². The lowest BCUT2D eigenvalue weighted by Gasteiger charge is -2.29. The highest BCUT2D eigenvalue weighted by Crippen LogP contribution is 2.28. The Morgan fingerprint density at radius 1 is 1.04 bits per heavy atom. The lowest BCUT2D eigenvalue weighted by molar-refractivity contribution is -0.122. The highest BCUT2D eigenvalue weighted by Gasteiger charge is 2.28. The van der Waals surface area contributed by atoms with Crippen LogP contribution in [0.4, 0.5) is 16.2 Å². The third-order valence-electron chi connectivity index (χ3n) is 4.48. The highest BCUT2D eigenvalue weighted by atomic mass is 16.2. The van der Waals surface area contributed by atoms with Crippen LogP contribution >= 0.6 is 0 Å². The lowest BCUT2D eigenvalue weighted by Crippen LogP contribution is -2.37. The minimum atomic E-state index is -0.244. The van der Waals surface area contributed by atoms with Gasteiger partial charge in [-0.3, -0.25) is 4.79 Å². The normalized spacial score (nSPS) is 17.2. The number of nitrogens with one attached hydrogen (secondary N) is 3. The number of hydrogen-bond acceptors (Lipinski definition) is 3. The maximum absolute atomic E-state index is 11.9. The number of anilines is 2. The van der Waals surface area contributed by atoms with Gasteiger partial charge in [0.25, 0.3) is 0 Å². The first-order chi connectivity index (χ1) is 11.7. The number of piperidine rings is 1. The minimum Gasteiger partial charge on any atom is -0.371 e. The third-order valence-corrected chi connectivity index (χ3v) is 4.48. The molecule has 1 aromatic carbocycles. The Hall–Kier alpha value is -2.24. The summed E-state index contributed by atoms with van der Waals surface area (Å²) < 4.78 is 0. The number of rotatable bonds is 6. The monoisotopic (exact) mass is 330 g/mol. The second-order valence-corrected chi connectivity index (χ2v) is 6.54. The highest BCUT2D eigenvalue weighted by molar-refractivity contribution is 5.89. The van der Waals surface area contributed by atoms with Gasteiger partial charge >= 0.3 is 6.03 Å². The lowest BCUT2D eigenvalue weighted by atomic mass is 10.1. The topological polar surface area (TPSA) is 73.5 Å². The van der Waals surface area contributed by atoms with Gasteiger partial charge in [-0.1, -0.05) is 6.07 Å². The number of benzene rings is 1. The van der Waals surface area contributed by atoms with Gasteiger partial charge in [0, 0.05) is 43.5 Å². The summed E-state index contributed by atoms with van der Waals surface area (Å²) in [5.74, 6) is 0.308. The molecule has 1 aliphatic carbocycles. The molecule has 2 aliphatic rings. The summed E-state index contributed by atoms with van der Waals surface area (Å²) >= 11 is 0. The average molecular weight is 330 g/mol. The summed E-state index contributed by atoms with van der Waals surface area (Å²) in [6, 6.07) is 7.71. The summed E-state index contributed by atoms with van der Waals surface area (Å²) in [6.45, 7) is 3.05. The van der Waals surface area contributed by atoms with Crippen LogP contribution in [0, 0.1) is 5.92 Å². The van der Waals surface area contributed by atoms with Crippen LogP contribution < -0.4 is 20.9 Å². The molecular weight excluding hydrogens is 304 g/mol. The molecule has 1 saturated carbocycles. The van der Waals surface area contributed by atoms with Crippen molar-refractivity contribution in [2.24, 2.45) is 5.92 Å². The molecule has 24 heavy (non-hydrogen) atoms. The van der Waals surface area contributed by atoms with Crippen LogP contribution in [-0.2, 0) is 4.79 Å². The smallest absolute Gasteiger partial charge is 0.319 e. The van der Waals surface area contributed by atoms with Crippen LogP contribution in [0.5, 0.6) is 0 Å². The molecule has 0 aromatic heterocycles. The summed E-state index contributed by atoms with van der Waals surface area (Å²) in [5, 5.41) is 8.45. The van der Waals surface area contributed by atoms with E-state index < -0.39 is 0 Å². The molecule has 3 rings (SSSR count). The number of carbonyl (C=O) groups excluding carboxylic acids is 2. The molecule has 2 fully saturated rings. The van der Waals surface area contributed by atoms with E-state index in [9.17, 15) is 9.59 Å². The Kier molecular flexibility index (Phi) is 5.56. The second-order valence-electron chi connectivity index (χ2n) is 6.54. The van der Waals surface area contributed by atoms with Crippen molar-refractivity contribution in [2.45, 2.75) is 32.1 Å². The molecule has 130 valence electrons. The van der Waals surface area contributed by atoms with Crippen LogP contribution in [0.1, 0.15) is 32.1 Å². The Bertz CT molecular complexity index is 580. The molecule has 1 heterocycles. The molecule has 6 heteroatoms. The van der Waals surface area contributed by atoms with Gasteiger partial charge in [0.1, 0.15) is 0 Å². The van der Waals surface area contributed by atoms with Crippen molar-refractivity contribution in [1.29, 1.82) is 0 Å². The Morgan fingerprint density at radius 2 is 1.79 bits per heavy atom. The van der Waals surface area contributed by atoms with Crippen molar-refractivity contribution in [3.8, 4) is 0 Å². The molecule has 3 amide bonds. The summed E-state index contributed by atoms with van der Waals surface area (Å²) in [6.07, 6.45) is 5.74. The fraction of sp³-hybridized carbons (Fsp3) is 0.556. The fourth-order valence-corrected chi connectivity index (χ4v) is 2.96. The van der Waals surface area contributed by atoms with E-state index in [4.69, 9.17) is 0 Å². The van der Waals surface area contributed by atoms with Crippen LogP contribution in [-0.4, -0.2) is 38.1 Å². The van der Waals surface area contributed by atoms with Crippen molar-refractivity contribution >= 4 is 23.3 Å². The van der Waals surface area contributed by atoms with E-state index in [0.29, 0.717) is 13.1 Å². The average Bonchev–Trinajstić information content (AvgIpc) is 3.45. The van der Waals surface area contributed by atoms with Gasteiger partial charge in [-0.25, -0.2) is 4.79 Å². The summed E-state index contributed by atoms with van der Waals surface area (Å²) in [5.41, 5.74) is 1.95. The van der Waals surface area contributed by atoms with Crippen molar-refractivity contribution < 1.29 is 9.59 Å². The van der Waals surface area contributed by atoms with E-state index in [1.54, 1.807) is 0 Å². The number of nitrogens with zero attached hydrogens (tertiary/aromatic N) is 1. The van der Waals surface area contributed by atoms with Gasteiger partial charge in [0.15, 0.2) is 0 Å². The zero-order valence-corrected chi connectivity index (χ0v) is 14.0. The third kappa shape index (κ3) is 4.88. The molecule has 0 atom stereocenters. The fourth-order valence-electron chi connectivity index (χ4n) is 2.96. The van der Waals surface area contributed by atoms with Crippen LogP contribution in [0.25, 0.3) is 0 Å². The van der Waals surface area contributed by atoms with Gasteiger partial charge in [0.05, 0.1) is 0 Å². The largest absolute Gasteiger partial charge is 0.371 e. The van der Waals surface area contributed by atoms with Crippen molar-refractivity contribution in [1.82, 2.24) is 10.6 Å². The SMILES string of the molecule is O=C(NCCNC(=O)C1CC1)Nc1cccc(N2CCCCC2)c1. The molecule has 0 bridgehead atoms. The van der Waals surface area contributed by atoms with Gasteiger partial charge in [-0.15, -0.1) is 0 Å². The van der Waals surface area contributed by atoms with E-state index in [1.165, 1.54) is 19.3 Å². The first-order valence-corrected chi connectivity index (χ1v) is 8.90. The van der Waals surface area contributed by atoms with Crippen LogP contribution in [0.3, 0.4) is 0 Å². The number of carbonyl (C=O) groups is 2. The maximum Gasteiger partial charge on any atom is 0.319 e. The van der Waals surface area contributed by atoms with Crippen molar-refractivity contribution in [3.05, 3.63) is 24.3 Å². The molecule has 0 unspecified atom stereocenters. The Labute approximate surface area is 143 Å². The molecular formula is C18H26N4O2. The van der Waals surface area contributed by atoms with Gasteiger partial charge in [-0.2, -0.15) is 0 Å². The quantitative estimate of drug-likeness (QED) is 0.701. The molecule has 1 aromatic rings. The molecule has 0 radical (unpaired) electrons. The second kappa shape index (κ2) is 8.04. The molecule has 6 nitrogen and oxygen atoms in total. The van der Waals surface area contributed by atoms with Gasteiger partial charge < -0.3 is 20.9 Å². The zero-order chi connectivity index (χ0) is 16.8. The molecule has 0 spiro atoms. The van der Waals surface area contributed by atoms with E-state index in [-0.39, 0.29) is 17.9 Å². The summed E-state index contributed by atoms with van der Waals surface area (Å²) in [7, 11) is 0. The minimum absolute atomic E-state index is 0.103. The van der Waals surface area contributed by atoms with Gasteiger partial charge in [-0.05, 0) is 50.3 Å². The first-order valence-electron chi connectivity index (χ1n) is 8.90. The predicted octanol–water partition coefficient (Wildman–Crippen LogP) is 2.32. The van der Waals surface area contributed by atoms with Crippen LogP contribution in [0.2, 0.25) is 0 Å². The van der Waals surface area contributed by atoms with E-state index in [1.807, 2.05) is 18.2 Å².